The first-order valence-corrected chi connectivity index (χ1v) is 14.8. The van der Waals surface area contributed by atoms with E-state index < -0.39 is 28.5 Å². The Bertz CT molecular complexity index is 1410. The van der Waals surface area contributed by atoms with Gasteiger partial charge in [0.1, 0.15) is 12.6 Å². The number of rotatable bonds is 11. The zero-order valence-electron chi connectivity index (χ0n) is 22.4. The lowest BCUT2D eigenvalue weighted by molar-refractivity contribution is -0.139. The largest absolute Gasteiger partial charge is 0.354 e. The Kier molecular flexibility index (Phi) is 10.4. The Morgan fingerprint density at radius 2 is 1.59 bits per heavy atom. The Balaban J connectivity index is 2.04. The monoisotopic (exact) mass is 589 g/mol. The van der Waals surface area contributed by atoms with Gasteiger partial charge in [0.25, 0.3) is 10.0 Å². The normalized spacial score (nSPS) is 12.1. The molecular weight excluding hydrogens is 557 g/mol. The average Bonchev–Trinajstić information content (AvgIpc) is 2.91. The van der Waals surface area contributed by atoms with Crippen LogP contribution in [0.25, 0.3) is 0 Å². The van der Waals surface area contributed by atoms with E-state index in [0.29, 0.717) is 16.6 Å². The molecule has 3 rings (SSSR count). The Morgan fingerprint density at radius 3 is 2.18 bits per heavy atom. The second-order valence-corrected chi connectivity index (χ2v) is 12.1. The van der Waals surface area contributed by atoms with Gasteiger partial charge in [-0.1, -0.05) is 66.0 Å². The molecule has 0 bridgehead atoms. The van der Waals surface area contributed by atoms with E-state index in [4.69, 9.17) is 23.2 Å². The van der Waals surface area contributed by atoms with Crippen molar-refractivity contribution in [2.45, 2.75) is 51.6 Å². The zero-order chi connectivity index (χ0) is 28.7. The van der Waals surface area contributed by atoms with E-state index in [0.717, 1.165) is 27.4 Å². The van der Waals surface area contributed by atoms with Crippen molar-refractivity contribution in [3.05, 3.63) is 93.5 Å². The number of benzene rings is 3. The van der Waals surface area contributed by atoms with E-state index in [-0.39, 0.29) is 23.0 Å². The third-order valence-corrected chi connectivity index (χ3v) is 8.76. The van der Waals surface area contributed by atoms with Crippen molar-refractivity contribution in [1.29, 1.82) is 0 Å². The maximum Gasteiger partial charge on any atom is 0.264 e. The van der Waals surface area contributed by atoms with Crippen molar-refractivity contribution < 1.29 is 18.0 Å². The molecule has 39 heavy (non-hydrogen) atoms. The number of aryl methyl sites for hydroxylation is 2. The maximum atomic E-state index is 13.9. The van der Waals surface area contributed by atoms with Crippen LogP contribution in [0.4, 0.5) is 5.69 Å². The minimum absolute atomic E-state index is 0.0376. The van der Waals surface area contributed by atoms with Gasteiger partial charge in [-0.2, -0.15) is 0 Å². The number of carbonyl (C=O) groups is 2. The fourth-order valence-corrected chi connectivity index (χ4v) is 5.57. The smallest absolute Gasteiger partial charge is 0.264 e. The molecule has 7 nitrogen and oxygen atoms in total. The molecule has 0 aromatic heterocycles. The molecule has 3 aromatic carbocycles. The van der Waals surface area contributed by atoms with Crippen molar-refractivity contribution in [2.24, 2.45) is 0 Å². The summed E-state index contributed by atoms with van der Waals surface area (Å²) < 4.78 is 28.8. The summed E-state index contributed by atoms with van der Waals surface area (Å²) in [4.78, 5) is 28.2. The van der Waals surface area contributed by atoms with Gasteiger partial charge in [-0.05, 0) is 74.7 Å². The van der Waals surface area contributed by atoms with Gasteiger partial charge < -0.3 is 10.2 Å². The van der Waals surface area contributed by atoms with E-state index in [1.807, 2.05) is 13.8 Å². The van der Waals surface area contributed by atoms with Crippen LogP contribution in [0.2, 0.25) is 10.0 Å². The highest BCUT2D eigenvalue weighted by atomic mass is 35.5. The highest BCUT2D eigenvalue weighted by molar-refractivity contribution is 7.92. The molecule has 0 spiro atoms. The summed E-state index contributed by atoms with van der Waals surface area (Å²) in [5.41, 5.74) is 2.66. The number of hydrogen-bond acceptors (Lipinski definition) is 4. The fourth-order valence-electron chi connectivity index (χ4n) is 3.87. The SMILES string of the molecule is CCCNC(=O)[C@@H](C)N(Cc1ccc(Cl)cc1)C(=O)CN(c1ccc(C)c(Cl)c1)S(=O)(=O)c1ccc(C)cc1. The van der Waals surface area contributed by atoms with Crippen molar-refractivity contribution in [3.8, 4) is 0 Å². The molecule has 0 saturated carbocycles. The van der Waals surface area contributed by atoms with Crippen LogP contribution >= 0.6 is 23.2 Å². The number of halogens is 2. The highest BCUT2D eigenvalue weighted by Gasteiger charge is 2.32. The molecule has 0 aliphatic rings. The fraction of sp³-hybridized carbons (Fsp3) is 0.310. The lowest BCUT2D eigenvalue weighted by atomic mass is 10.1. The summed E-state index contributed by atoms with van der Waals surface area (Å²) in [6, 6.07) is 17.3. The van der Waals surface area contributed by atoms with E-state index in [2.05, 4.69) is 5.32 Å². The van der Waals surface area contributed by atoms with E-state index in [9.17, 15) is 18.0 Å². The summed E-state index contributed by atoms with van der Waals surface area (Å²) >= 11 is 12.4. The number of nitrogens with one attached hydrogen (secondary N) is 1. The summed E-state index contributed by atoms with van der Waals surface area (Å²) in [5, 5.41) is 3.73. The minimum atomic E-state index is -4.16. The van der Waals surface area contributed by atoms with Gasteiger partial charge in [-0.3, -0.25) is 13.9 Å². The van der Waals surface area contributed by atoms with Gasteiger partial charge in [-0.25, -0.2) is 8.42 Å². The molecule has 208 valence electrons. The second-order valence-electron chi connectivity index (χ2n) is 9.37. The molecular formula is C29H33Cl2N3O4S. The van der Waals surface area contributed by atoms with Gasteiger partial charge in [0.2, 0.25) is 11.8 Å². The van der Waals surface area contributed by atoms with Crippen LogP contribution in [0.5, 0.6) is 0 Å². The molecule has 0 radical (unpaired) electrons. The third kappa shape index (κ3) is 7.75. The molecule has 0 unspecified atom stereocenters. The molecule has 10 heteroatoms. The first kappa shape index (κ1) is 30.5. The van der Waals surface area contributed by atoms with Crippen LogP contribution in [0, 0.1) is 13.8 Å². The van der Waals surface area contributed by atoms with Crippen LogP contribution < -0.4 is 9.62 Å². The molecule has 0 saturated heterocycles. The van der Waals surface area contributed by atoms with Gasteiger partial charge in [-0.15, -0.1) is 0 Å². The van der Waals surface area contributed by atoms with Crippen LogP contribution in [0.3, 0.4) is 0 Å². The van der Waals surface area contributed by atoms with Crippen LogP contribution in [0.15, 0.2) is 71.6 Å². The van der Waals surface area contributed by atoms with Crippen LogP contribution in [-0.2, 0) is 26.2 Å². The average molecular weight is 591 g/mol. The van der Waals surface area contributed by atoms with E-state index >= 15 is 0 Å². The quantitative estimate of drug-likeness (QED) is 0.308. The van der Waals surface area contributed by atoms with Crippen molar-refractivity contribution >= 4 is 50.7 Å². The number of nitrogens with zero attached hydrogens (tertiary/aromatic N) is 2. The van der Waals surface area contributed by atoms with Gasteiger partial charge in [0.15, 0.2) is 0 Å². The molecule has 1 atom stereocenters. The summed E-state index contributed by atoms with van der Waals surface area (Å²) in [7, 11) is -4.16. The predicted molar refractivity (Wildman–Crippen MR) is 157 cm³/mol. The molecule has 2 amide bonds. The summed E-state index contributed by atoms with van der Waals surface area (Å²) in [6.07, 6.45) is 0.736. The number of amides is 2. The maximum absolute atomic E-state index is 13.9. The third-order valence-electron chi connectivity index (χ3n) is 6.31. The number of carbonyl (C=O) groups excluding carboxylic acids is 2. The van der Waals surface area contributed by atoms with Crippen molar-refractivity contribution in [1.82, 2.24) is 10.2 Å². The number of sulfonamides is 1. The second kappa shape index (κ2) is 13.3. The lowest BCUT2D eigenvalue weighted by Crippen LogP contribution is -2.51. The first-order chi connectivity index (χ1) is 18.4. The number of hydrogen-bond donors (Lipinski definition) is 1. The minimum Gasteiger partial charge on any atom is -0.354 e. The number of anilines is 1. The van der Waals surface area contributed by atoms with Crippen molar-refractivity contribution in [3.63, 3.8) is 0 Å². The van der Waals surface area contributed by atoms with E-state index in [1.165, 1.54) is 23.1 Å². The summed E-state index contributed by atoms with van der Waals surface area (Å²) in [5.74, 6) is -0.873. The molecule has 0 fully saturated rings. The van der Waals surface area contributed by atoms with Gasteiger partial charge in [0.05, 0.1) is 10.6 Å². The Hall–Kier alpha value is -3.07. The standard InChI is InChI=1S/C29H33Cl2N3O4S/c1-5-16-32-29(36)22(4)33(18-23-9-11-24(30)12-10-23)28(35)19-34(25-13-8-21(3)27(31)17-25)39(37,38)26-14-6-20(2)7-15-26/h6-15,17,22H,5,16,18-19H2,1-4H3,(H,32,36)/t22-/m1/s1. The van der Waals surface area contributed by atoms with Gasteiger partial charge in [0, 0.05) is 23.1 Å². The topological polar surface area (TPSA) is 86.8 Å². The van der Waals surface area contributed by atoms with Crippen molar-refractivity contribution in [2.75, 3.05) is 17.4 Å². The highest BCUT2D eigenvalue weighted by Crippen LogP contribution is 2.29. The first-order valence-electron chi connectivity index (χ1n) is 12.6. The van der Waals surface area contributed by atoms with Crippen LogP contribution in [-0.4, -0.2) is 44.3 Å². The molecule has 3 aromatic rings. The van der Waals surface area contributed by atoms with E-state index in [1.54, 1.807) is 62.4 Å². The lowest BCUT2D eigenvalue weighted by Gasteiger charge is -2.32. The van der Waals surface area contributed by atoms with Crippen LogP contribution in [0.1, 0.15) is 37.0 Å². The Labute approximate surface area is 240 Å². The predicted octanol–water partition coefficient (Wildman–Crippen LogP) is 5.75. The molecule has 1 N–H and O–H groups in total. The zero-order valence-corrected chi connectivity index (χ0v) is 24.8. The Morgan fingerprint density at radius 1 is 0.949 bits per heavy atom. The van der Waals surface area contributed by atoms with Gasteiger partial charge >= 0.3 is 0 Å². The summed E-state index contributed by atoms with van der Waals surface area (Å²) in [6.45, 7) is 7.24. The molecule has 0 aliphatic carbocycles. The molecule has 0 aliphatic heterocycles. The molecule has 0 heterocycles.